The lowest BCUT2D eigenvalue weighted by Gasteiger charge is -2.33. The number of rotatable bonds is 4. The molecule has 0 bridgehead atoms. The Labute approximate surface area is 166 Å². The summed E-state index contributed by atoms with van der Waals surface area (Å²) in [4.78, 5) is 31.4. The van der Waals surface area contributed by atoms with Crippen molar-refractivity contribution in [1.29, 1.82) is 0 Å². The molecule has 0 radical (unpaired) electrons. The summed E-state index contributed by atoms with van der Waals surface area (Å²) in [5.41, 5.74) is 0.605. The van der Waals surface area contributed by atoms with E-state index in [2.05, 4.69) is 15.5 Å². The normalized spacial score (nSPS) is 20.5. The number of ether oxygens (including phenoxy) is 1. The van der Waals surface area contributed by atoms with Gasteiger partial charge >= 0.3 is 6.03 Å². The Hall–Kier alpha value is -3.68. The number of aromatic nitrogens is 2. The predicted molar refractivity (Wildman–Crippen MR) is 101 cm³/mol. The molecule has 146 valence electrons. The Balaban J connectivity index is 1.37. The van der Waals surface area contributed by atoms with Gasteiger partial charge in [0.15, 0.2) is 11.4 Å². The van der Waals surface area contributed by atoms with Gasteiger partial charge in [0.2, 0.25) is 5.89 Å². The highest BCUT2D eigenvalue weighted by molar-refractivity contribution is 6.07. The first-order valence-electron chi connectivity index (χ1n) is 9.37. The number of hydrogen-bond donors (Lipinski definition) is 1. The van der Waals surface area contributed by atoms with Gasteiger partial charge in [0.05, 0.1) is 6.61 Å². The molecule has 3 amide bonds. The number of benzene rings is 2. The topological polar surface area (TPSA) is 97.6 Å². The van der Waals surface area contributed by atoms with E-state index < -0.39 is 11.6 Å². The summed E-state index contributed by atoms with van der Waals surface area (Å²) in [6.45, 7) is 0.274. The van der Waals surface area contributed by atoms with Crippen LogP contribution in [0.3, 0.4) is 0 Å². The highest BCUT2D eigenvalue weighted by Crippen LogP contribution is 2.41. The van der Waals surface area contributed by atoms with Crippen LogP contribution in [-0.4, -0.2) is 33.6 Å². The summed E-state index contributed by atoms with van der Waals surface area (Å²) in [5.74, 6) is 0.999. The monoisotopic (exact) mass is 390 g/mol. The van der Waals surface area contributed by atoms with Crippen molar-refractivity contribution < 1.29 is 18.8 Å². The second-order valence-electron chi connectivity index (χ2n) is 7.09. The van der Waals surface area contributed by atoms with E-state index in [1.807, 2.05) is 42.5 Å². The van der Waals surface area contributed by atoms with Crippen LogP contribution in [0.15, 0.2) is 59.1 Å². The minimum Gasteiger partial charge on any atom is -0.493 e. The maximum atomic E-state index is 13.3. The highest BCUT2D eigenvalue weighted by Gasteiger charge is 2.55. The molecule has 1 atom stereocenters. The summed E-state index contributed by atoms with van der Waals surface area (Å²) in [6.07, 6.45) is 0.882. The first-order chi connectivity index (χ1) is 14.2. The van der Waals surface area contributed by atoms with Crippen molar-refractivity contribution in [2.75, 3.05) is 6.61 Å². The zero-order valence-corrected chi connectivity index (χ0v) is 15.5. The van der Waals surface area contributed by atoms with Crippen LogP contribution in [0.5, 0.6) is 5.75 Å². The highest BCUT2D eigenvalue weighted by atomic mass is 16.5. The molecule has 3 aromatic rings. The quantitative estimate of drug-likeness (QED) is 0.687. The Kier molecular flexibility index (Phi) is 4.04. The molecule has 1 saturated heterocycles. The van der Waals surface area contributed by atoms with Gasteiger partial charge in [0.1, 0.15) is 12.3 Å². The average Bonchev–Trinajstić information content (AvgIpc) is 3.27. The summed E-state index contributed by atoms with van der Waals surface area (Å²) >= 11 is 0. The van der Waals surface area contributed by atoms with Crippen LogP contribution in [0.25, 0.3) is 0 Å². The lowest BCUT2D eigenvalue weighted by Crippen LogP contribution is -2.47. The van der Waals surface area contributed by atoms with Crippen molar-refractivity contribution in [2.45, 2.75) is 24.9 Å². The molecular formula is C21H18N4O4. The van der Waals surface area contributed by atoms with Crippen LogP contribution in [0, 0.1) is 0 Å². The van der Waals surface area contributed by atoms with Crippen molar-refractivity contribution in [3.8, 4) is 5.75 Å². The molecule has 1 unspecified atom stereocenters. The maximum Gasteiger partial charge on any atom is 0.325 e. The number of imide groups is 1. The molecule has 0 aliphatic carbocycles. The largest absolute Gasteiger partial charge is 0.493 e. The fourth-order valence-corrected chi connectivity index (χ4v) is 3.86. The zero-order valence-electron chi connectivity index (χ0n) is 15.5. The lowest BCUT2D eigenvalue weighted by atomic mass is 9.84. The molecule has 2 aliphatic heterocycles. The van der Waals surface area contributed by atoms with Crippen molar-refractivity contribution in [3.05, 3.63) is 77.4 Å². The van der Waals surface area contributed by atoms with Crippen molar-refractivity contribution >= 4 is 11.9 Å². The lowest BCUT2D eigenvalue weighted by molar-refractivity contribution is -0.133. The van der Waals surface area contributed by atoms with E-state index in [1.54, 1.807) is 12.1 Å². The van der Waals surface area contributed by atoms with Gasteiger partial charge in [-0.25, -0.2) is 4.79 Å². The van der Waals surface area contributed by atoms with Gasteiger partial charge < -0.3 is 14.6 Å². The van der Waals surface area contributed by atoms with Crippen molar-refractivity contribution in [1.82, 2.24) is 20.4 Å². The summed E-state index contributed by atoms with van der Waals surface area (Å²) in [5, 5.41) is 6.83. The van der Waals surface area contributed by atoms with Gasteiger partial charge in [-0.15, -0.1) is 0 Å². The average molecular weight is 390 g/mol. The first-order valence-corrected chi connectivity index (χ1v) is 9.37. The molecule has 0 saturated carbocycles. The van der Waals surface area contributed by atoms with Crippen LogP contribution in [0.1, 0.15) is 29.3 Å². The second-order valence-corrected chi connectivity index (χ2v) is 7.09. The van der Waals surface area contributed by atoms with Gasteiger partial charge in [0.25, 0.3) is 5.91 Å². The fraction of sp³-hybridized carbons (Fsp3) is 0.238. The Morgan fingerprint density at radius 2 is 1.86 bits per heavy atom. The molecule has 1 aromatic heterocycles. The van der Waals surface area contributed by atoms with Gasteiger partial charge in [-0.1, -0.05) is 53.7 Å². The maximum absolute atomic E-state index is 13.3. The Morgan fingerprint density at radius 1 is 1.07 bits per heavy atom. The Bertz CT molecular complexity index is 1080. The number of nitrogens with zero attached hydrogens (tertiary/aromatic N) is 3. The number of fused-ring (bicyclic) bond motifs is 2. The summed E-state index contributed by atoms with van der Waals surface area (Å²) < 4.78 is 10.9. The molecule has 8 nitrogen and oxygen atoms in total. The van der Waals surface area contributed by atoms with Gasteiger partial charge in [0, 0.05) is 18.4 Å². The number of urea groups is 1. The standard InChI is InChI=1S/C21H18N4O4/c26-19-21(10-11-28-16-9-5-4-8-15(16)21)23-20(27)25(19)13-18-22-17(24-29-18)12-14-6-2-1-3-7-14/h1-9H,10-13H2,(H,23,27). The van der Waals surface area contributed by atoms with Crippen molar-refractivity contribution in [3.63, 3.8) is 0 Å². The van der Waals surface area contributed by atoms with Gasteiger partial charge in [-0.3, -0.25) is 9.69 Å². The third-order valence-electron chi connectivity index (χ3n) is 5.27. The third kappa shape index (κ3) is 2.93. The van der Waals surface area contributed by atoms with E-state index in [0.717, 1.165) is 10.5 Å². The van der Waals surface area contributed by atoms with Gasteiger partial charge in [-0.2, -0.15) is 4.98 Å². The Morgan fingerprint density at radius 3 is 2.72 bits per heavy atom. The minimum atomic E-state index is -1.11. The summed E-state index contributed by atoms with van der Waals surface area (Å²) in [7, 11) is 0. The molecule has 1 spiro atoms. The molecule has 29 heavy (non-hydrogen) atoms. The molecule has 3 heterocycles. The molecule has 2 aliphatic rings. The smallest absolute Gasteiger partial charge is 0.325 e. The van der Waals surface area contributed by atoms with E-state index in [0.29, 0.717) is 36.6 Å². The number of amides is 3. The molecule has 1 fully saturated rings. The minimum absolute atomic E-state index is 0.0722. The van der Waals surface area contributed by atoms with Crippen LogP contribution in [0.4, 0.5) is 4.79 Å². The second kappa shape index (κ2) is 6.73. The number of nitrogens with one attached hydrogen (secondary N) is 1. The SMILES string of the molecule is O=C1NC2(CCOc3ccccc32)C(=O)N1Cc1nc(Cc2ccccc2)no1. The number of carbonyl (C=O) groups excluding carboxylic acids is 2. The van der Waals surface area contributed by atoms with Gasteiger partial charge in [-0.05, 0) is 11.6 Å². The number of para-hydroxylation sites is 1. The van der Waals surface area contributed by atoms with Crippen LogP contribution < -0.4 is 10.1 Å². The van der Waals surface area contributed by atoms with E-state index in [9.17, 15) is 9.59 Å². The molecule has 8 heteroatoms. The molecular weight excluding hydrogens is 372 g/mol. The number of hydrogen-bond acceptors (Lipinski definition) is 6. The summed E-state index contributed by atoms with van der Waals surface area (Å²) in [6, 6.07) is 16.5. The molecule has 2 aromatic carbocycles. The van der Waals surface area contributed by atoms with Crippen molar-refractivity contribution in [2.24, 2.45) is 0 Å². The number of carbonyl (C=O) groups is 2. The first kappa shape index (κ1) is 17.4. The van der Waals surface area contributed by atoms with Crippen LogP contribution >= 0.6 is 0 Å². The van der Waals surface area contributed by atoms with Crippen LogP contribution in [0.2, 0.25) is 0 Å². The van der Waals surface area contributed by atoms with E-state index in [-0.39, 0.29) is 18.3 Å². The predicted octanol–water partition coefficient (Wildman–Crippen LogP) is 2.39. The molecule has 1 N–H and O–H groups in total. The molecule has 5 rings (SSSR count). The van der Waals surface area contributed by atoms with E-state index >= 15 is 0 Å². The fourth-order valence-electron chi connectivity index (χ4n) is 3.86. The zero-order chi connectivity index (χ0) is 19.8. The van der Waals surface area contributed by atoms with E-state index in [4.69, 9.17) is 9.26 Å². The van der Waals surface area contributed by atoms with Crippen LogP contribution in [-0.2, 0) is 23.3 Å². The van der Waals surface area contributed by atoms with E-state index in [1.165, 1.54) is 0 Å². The third-order valence-corrected chi connectivity index (χ3v) is 5.27.